The lowest BCUT2D eigenvalue weighted by atomic mass is 9.81. The molecule has 1 spiro atoms. The maximum Gasteiger partial charge on any atom is 0.330 e. The van der Waals surface area contributed by atoms with Crippen molar-refractivity contribution in [2.24, 2.45) is 14.1 Å². The van der Waals surface area contributed by atoms with Crippen LogP contribution in [0.3, 0.4) is 0 Å². The number of nitrogens with zero attached hydrogens (tertiary/aromatic N) is 3. The van der Waals surface area contributed by atoms with Gasteiger partial charge in [0, 0.05) is 26.8 Å². The summed E-state index contributed by atoms with van der Waals surface area (Å²) in [5.74, 6) is 0.113. The van der Waals surface area contributed by atoms with Gasteiger partial charge in [0.25, 0.3) is 5.56 Å². The summed E-state index contributed by atoms with van der Waals surface area (Å²) in [4.78, 5) is 39.7. The molecule has 1 aromatic heterocycles. The Bertz CT molecular complexity index is 774. The number of amides is 1. The Labute approximate surface area is 147 Å². The van der Waals surface area contributed by atoms with E-state index in [0.29, 0.717) is 12.1 Å². The second-order valence-electron chi connectivity index (χ2n) is 7.38. The number of hydrogen-bond acceptors (Lipinski definition) is 4. The topological polar surface area (TPSA) is 76.3 Å². The van der Waals surface area contributed by atoms with Gasteiger partial charge >= 0.3 is 5.69 Å². The van der Waals surface area contributed by atoms with E-state index in [9.17, 15) is 14.4 Å². The minimum Gasteiger partial charge on any atom is -0.321 e. The van der Waals surface area contributed by atoms with Crippen molar-refractivity contribution in [3.63, 3.8) is 0 Å². The van der Waals surface area contributed by atoms with Crippen LogP contribution in [-0.2, 0) is 18.9 Å². The van der Waals surface area contributed by atoms with Gasteiger partial charge in [0.15, 0.2) is 0 Å². The fraction of sp³-hybridized carbons (Fsp3) is 0.722. The Morgan fingerprint density at radius 2 is 1.84 bits per heavy atom. The standard InChI is InChI=1S/C18H28N4O3/c1-4-5-11-22-14(13-12-20(2)17(25)21(3)15(13)23)19-18(16(22)24)9-7-6-8-10-18/h12,14,19H,4-11H2,1-3H3/t14-/m1/s1. The van der Waals surface area contributed by atoms with E-state index in [-0.39, 0.29) is 17.2 Å². The van der Waals surface area contributed by atoms with Gasteiger partial charge < -0.3 is 9.47 Å². The van der Waals surface area contributed by atoms with Crippen LogP contribution in [0.4, 0.5) is 0 Å². The molecule has 0 unspecified atom stereocenters. The van der Waals surface area contributed by atoms with Crippen LogP contribution in [0, 0.1) is 0 Å². The molecular formula is C18H28N4O3. The number of aryl methyl sites for hydroxylation is 1. The fourth-order valence-corrected chi connectivity index (χ4v) is 4.14. The van der Waals surface area contributed by atoms with Gasteiger partial charge in [0.2, 0.25) is 5.91 Å². The van der Waals surface area contributed by atoms with Crippen molar-refractivity contribution in [1.29, 1.82) is 0 Å². The van der Waals surface area contributed by atoms with Crippen LogP contribution in [-0.4, -0.2) is 32.0 Å². The van der Waals surface area contributed by atoms with Gasteiger partial charge in [-0.1, -0.05) is 32.6 Å². The number of rotatable bonds is 4. The molecule has 2 fully saturated rings. The number of aromatic nitrogens is 2. The summed E-state index contributed by atoms with van der Waals surface area (Å²) in [5, 5.41) is 3.49. The van der Waals surface area contributed by atoms with Gasteiger partial charge in [-0.2, -0.15) is 0 Å². The zero-order valence-electron chi connectivity index (χ0n) is 15.4. The first kappa shape index (κ1) is 17.9. The van der Waals surface area contributed by atoms with Crippen molar-refractivity contribution in [3.05, 3.63) is 32.6 Å². The third-order valence-corrected chi connectivity index (χ3v) is 5.62. The average molecular weight is 348 g/mol. The summed E-state index contributed by atoms with van der Waals surface area (Å²) in [6.07, 6.45) is 7.84. The minimum atomic E-state index is -0.545. The molecule has 2 aliphatic rings. The molecule has 7 nitrogen and oxygen atoms in total. The molecule has 1 aromatic rings. The Morgan fingerprint density at radius 1 is 1.16 bits per heavy atom. The summed E-state index contributed by atoms with van der Waals surface area (Å²) >= 11 is 0. The third kappa shape index (κ3) is 2.94. The molecule has 0 aromatic carbocycles. The van der Waals surface area contributed by atoms with Crippen molar-refractivity contribution in [3.8, 4) is 0 Å². The minimum absolute atomic E-state index is 0.113. The monoisotopic (exact) mass is 348 g/mol. The highest BCUT2D eigenvalue weighted by molar-refractivity contribution is 5.89. The summed E-state index contributed by atoms with van der Waals surface area (Å²) in [5.41, 5.74) is -0.763. The lowest BCUT2D eigenvalue weighted by molar-refractivity contribution is -0.134. The van der Waals surface area contributed by atoms with Gasteiger partial charge in [-0.25, -0.2) is 4.79 Å². The number of hydrogen-bond donors (Lipinski definition) is 1. The quantitative estimate of drug-likeness (QED) is 0.881. The van der Waals surface area contributed by atoms with Crippen LogP contribution in [0.25, 0.3) is 0 Å². The molecule has 0 bridgehead atoms. The van der Waals surface area contributed by atoms with E-state index in [2.05, 4.69) is 12.2 Å². The number of carbonyl (C=O) groups excluding carboxylic acids is 1. The molecule has 138 valence electrons. The van der Waals surface area contributed by atoms with Crippen molar-refractivity contribution < 1.29 is 4.79 Å². The van der Waals surface area contributed by atoms with Crippen LogP contribution in [0.5, 0.6) is 0 Å². The van der Waals surface area contributed by atoms with E-state index >= 15 is 0 Å². The SMILES string of the molecule is CCCCN1C(=O)C2(CCCCC2)N[C@H]1c1cn(C)c(=O)n(C)c1=O. The Hall–Kier alpha value is -1.89. The van der Waals surface area contributed by atoms with E-state index in [1.807, 2.05) is 4.90 Å². The van der Waals surface area contributed by atoms with Crippen molar-refractivity contribution in [1.82, 2.24) is 19.4 Å². The molecule has 1 saturated heterocycles. The summed E-state index contributed by atoms with van der Waals surface area (Å²) < 4.78 is 2.53. The van der Waals surface area contributed by atoms with E-state index < -0.39 is 11.7 Å². The highest BCUT2D eigenvalue weighted by Gasteiger charge is 2.52. The molecule has 1 atom stereocenters. The fourth-order valence-electron chi connectivity index (χ4n) is 4.14. The maximum atomic E-state index is 13.2. The molecule has 7 heteroatoms. The van der Waals surface area contributed by atoms with Crippen LogP contribution in [0.15, 0.2) is 15.8 Å². The molecule has 1 aliphatic carbocycles. The van der Waals surface area contributed by atoms with E-state index in [1.54, 1.807) is 13.2 Å². The molecule has 3 rings (SSSR count). The Morgan fingerprint density at radius 3 is 2.48 bits per heavy atom. The van der Waals surface area contributed by atoms with Crippen LogP contribution in [0.1, 0.15) is 63.6 Å². The zero-order valence-corrected chi connectivity index (χ0v) is 15.4. The highest BCUT2D eigenvalue weighted by Crippen LogP contribution is 2.39. The summed E-state index contributed by atoms with van der Waals surface area (Å²) in [6.45, 7) is 2.71. The predicted octanol–water partition coefficient (Wildman–Crippen LogP) is 1.02. The molecule has 0 radical (unpaired) electrons. The molecule has 1 saturated carbocycles. The van der Waals surface area contributed by atoms with Gasteiger partial charge in [-0.05, 0) is 19.3 Å². The van der Waals surface area contributed by atoms with Crippen LogP contribution < -0.4 is 16.6 Å². The van der Waals surface area contributed by atoms with Gasteiger partial charge in [-0.15, -0.1) is 0 Å². The van der Waals surface area contributed by atoms with Crippen molar-refractivity contribution in [2.75, 3.05) is 6.54 Å². The molecule has 1 N–H and O–H groups in total. The second kappa shape index (κ2) is 6.78. The molecular weight excluding hydrogens is 320 g/mol. The van der Waals surface area contributed by atoms with Crippen molar-refractivity contribution in [2.45, 2.75) is 63.6 Å². The first-order chi connectivity index (χ1) is 11.9. The maximum absolute atomic E-state index is 13.2. The molecule has 1 aliphatic heterocycles. The van der Waals surface area contributed by atoms with Crippen LogP contribution in [0.2, 0.25) is 0 Å². The lowest BCUT2D eigenvalue weighted by Gasteiger charge is -2.31. The van der Waals surface area contributed by atoms with E-state index in [4.69, 9.17) is 0 Å². The number of nitrogens with one attached hydrogen (secondary N) is 1. The number of carbonyl (C=O) groups is 1. The first-order valence-corrected chi connectivity index (χ1v) is 9.26. The zero-order chi connectivity index (χ0) is 18.2. The smallest absolute Gasteiger partial charge is 0.321 e. The Kier molecular flexibility index (Phi) is 4.86. The molecule has 2 heterocycles. The highest BCUT2D eigenvalue weighted by atomic mass is 16.2. The van der Waals surface area contributed by atoms with Crippen LogP contribution >= 0.6 is 0 Å². The third-order valence-electron chi connectivity index (χ3n) is 5.62. The average Bonchev–Trinajstić information content (AvgIpc) is 2.87. The van der Waals surface area contributed by atoms with Gasteiger partial charge in [-0.3, -0.25) is 19.5 Å². The molecule has 1 amide bonds. The van der Waals surface area contributed by atoms with Gasteiger partial charge in [0.05, 0.1) is 11.1 Å². The second-order valence-corrected chi connectivity index (χ2v) is 7.38. The first-order valence-electron chi connectivity index (χ1n) is 9.26. The van der Waals surface area contributed by atoms with Crippen molar-refractivity contribution >= 4 is 5.91 Å². The summed E-state index contributed by atoms with van der Waals surface area (Å²) in [6, 6.07) is 0. The lowest BCUT2D eigenvalue weighted by Crippen LogP contribution is -2.48. The predicted molar refractivity (Wildman–Crippen MR) is 95.2 cm³/mol. The normalized spacial score (nSPS) is 22.8. The van der Waals surface area contributed by atoms with E-state index in [0.717, 1.165) is 49.5 Å². The van der Waals surface area contributed by atoms with Gasteiger partial charge in [0.1, 0.15) is 6.17 Å². The largest absolute Gasteiger partial charge is 0.330 e. The summed E-state index contributed by atoms with van der Waals surface area (Å²) in [7, 11) is 3.12. The molecule has 25 heavy (non-hydrogen) atoms. The number of unbranched alkanes of at least 4 members (excludes halogenated alkanes) is 1. The Balaban J connectivity index is 2.05. The van der Waals surface area contributed by atoms with E-state index in [1.165, 1.54) is 11.6 Å².